The number of nitrogens with one attached hydrogen (secondary N) is 2. The summed E-state index contributed by atoms with van der Waals surface area (Å²) in [4.78, 5) is 36.9. The van der Waals surface area contributed by atoms with Gasteiger partial charge in [0.15, 0.2) is 0 Å². The third kappa shape index (κ3) is 7.95. The summed E-state index contributed by atoms with van der Waals surface area (Å²) in [6, 6.07) is 16.1. The monoisotopic (exact) mass is 412 g/mol. The van der Waals surface area contributed by atoms with Crippen LogP contribution in [0.2, 0.25) is 0 Å². The summed E-state index contributed by atoms with van der Waals surface area (Å²) in [7, 11) is 0. The molecule has 0 saturated heterocycles. The van der Waals surface area contributed by atoms with E-state index in [1.54, 1.807) is 45.0 Å². The van der Waals surface area contributed by atoms with Gasteiger partial charge >= 0.3 is 12.1 Å². The lowest BCUT2D eigenvalue weighted by molar-refractivity contribution is -0.142. The molecule has 7 heteroatoms. The van der Waals surface area contributed by atoms with Gasteiger partial charge in [-0.05, 0) is 31.9 Å². The molecule has 0 fully saturated rings. The maximum atomic E-state index is 12.9. The zero-order chi connectivity index (χ0) is 22.1. The number of carboxylic acid groups (broad SMARTS) is 1. The Morgan fingerprint density at radius 2 is 1.30 bits per heavy atom. The van der Waals surface area contributed by atoms with Crippen molar-refractivity contribution >= 4 is 18.0 Å². The summed E-state index contributed by atoms with van der Waals surface area (Å²) >= 11 is 0. The highest BCUT2D eigenvalue weighted by Crippen LogP contribution is 2.10. The molecule has 2 aromatic carbocycles. The molecule has 2 rings (SSSR count). The molecule has 0 aliphatic heterocycles. The molecule has 3 N–H and O–H groups in total. The minimum absolute atomic E-state index is 0.131. The van der Waals surface area contributed by atoms with Crippen molar-refractivity contribution in [2.45, 2.75) is 51.3 Å². The van der Waals surface area contributed by atoms with Gasteiger partial charge in [0.05, 0.1) is 0 Å². The highest BCUT2D eigenvalue weighted by Gasteiger charge is 2.28. The number of ether oxygens (including phenoxy) is 1. The smallest absolute Gasteiger partial charge is 0.408 e. The van der Waals surface area contributed by atoms with Crippen molar-refractivity contribution in [3.05, 3.63) is 71.8 Å². The fourth-order valence-electron chi connectivity index (χ4n) is 2.83. The summed E-state index contributed by atoms with van der Waals surface area (Å²) in [6.45, 7) is 5.16. The van der Waals surface area contributed by atoms with Crippen molar-refractivity contribution in [3.8, 4) is 0 Å². The maximum Gasteiger partial charge on any atom is 0.408 e. The number of amides is 2. The Kier molecular flexibility index (Phi) is 7.98. The van der Waals surface area contributed by atoms with Gasteiger partial charge in [-0.2, -0.15) is 0 Å². The van der Waals surface area contributed by atoms with Crippen molar-refractivity contribution in [2.24, 2.45) is 0 Å². The van der Waals surface area contributed by atoms with Crippen molar-refractivity contribution in [1.82, 2.24) is 10.6 Å². The normalized spacial score (nSPS) is 13.0. The molecule has 0 unspecified atom stereocenters. The molecular weight excluding hydrogens is 384 g/mol. The van der Waals surface area contributed by atoms with Crippen molar-refractivity contribution in [3.63, 3.8) is 0 Å². The van der Waals surface area contributed by atoms with Crippen molar-refractivity contribution in [2.75, 3.05) is 0 Å². The number of aliphatic carboxylic acids is 1. The first-order valence-electron chi connectivity index (χ1n) is 9.74. The van der Waals surface area contributed by atoms with Gasteiger partial charge in [0.2, 0.25) is 5.91 Å². The topological polar surface area (TPSA) is 105 Å². The second-order valence-corrected chi connectivity index (χ2v) is 7.98. The number of hydrogen-bond acceptors (Lipinski definition) is 4. The summed E-state index contributed by atoms with van der Waals surface area (Å²) < 4.78 is 5.26. The van der Waals surface area contributed by atoms with Crippen LogP contribution >= 0.6 is 0 Å². The summed E-state index contributed by atoms with van der Waals surface area (Å²) in [5.74, 6) is -1.74. The van der Waals surface area contributed by atoms with Crippen molar-refractivity contribution in [1.29, 1.82) is 0 Å². The number of benzene rings is 2. The number of alkyl carbamates (subject to hydrolysis) is 1. The average Bonchev–Trinajstić information content (AvgIpc) is 2.67. The van der Waals surface area contributed by atoms with Crippen LogP contribution in [-0.2, 0) is 27.2 Å². The molecule has 0 bridgehead atoms. The Bertz CT molecular complexity index is 847. The number of rotatable bonds is 8. The van der Waals surface area contributed by atoms with Crippen LogP contribution in [-0.4, -0.2) is 40.8 Å². The Balaban J connectivity index is 2.14. The maximum absolute atomic E-state index is 12.9. The second-order valence-electron chi connectivity index (χ2n) is 7.98. The summed E-state index contributed by atoms with van der Waals surface area (Å²) in [6.07, 6.45) is -0.413. The molecule has 0 aliphatic carbocycles. The van der Waals surface area contributed by atoms with Crippen LogP contribution in [0.4, 0.5) is 4.79 Å². The molecule has 2 atom stereocenters. The predicted molar refractivity (Wildman–Crippen MR) is 113 cm³/mol. The van der Waals surface area contributed by atoms with E-state index in [-0.39, 0.29) is 12.8 Å². The number of carbonyl (C=O) groups is 3. The quantitative estimate of drug-likeness (QED) is 0.618. The van der Waals surface area contributed by atoms with E-state index >= 15 is 0 Å². The Hall–Kier alpha value is -3.35. The van der Waals surface area contributed by atoms with Gasteiger partial charge in [-0.3, -0.25) is 4.79 Å². The Labute approximate surface area is 176 Å². The Morgan fingerprint density at radius 1 is 0.833 bits per heavy atom. The standard InChI is InChI=1S/C23H28N2O5/c1-23(2,3)30-22(29)25-18(14-16-10-6-4-7-11-16)20(26)24-19(21(27)28)15-17-12-8-5-9-13-17/h4-13,18-19H,14-15H2,1-3H3,(H,24,26)(H,25,29)(H,27,28)/t18-,19+/m1/s1. The fraction of sp³-hybridized carbons (Fsp3) is 0.348. The van der Waals surface area contributed by atoms with Gasteiger partial charge in [-0.15, -0.1) is 0 Å². The molecule has 0 heterocycles. The van der Waals surface area contributed by atoms with Gasteiger partial charge in [0.25, 0.3) is 0 Å². The minimum Gasteiger partial charge on any atom is -0.480 e. The third-order valence-electron chi connectivity index (χ3n) is 4.19. The van der Waals surface area contributed by atoms with E-state index < -0.39 is 35.7 Å². The molecule has 2 aromatic rings. The number of carboxylic acids is 1. The van der Waals surface area contributed by atoms with Gasteiger partial charge in [-0.1, -0.05) is 60.7 Å². The van der Waals surface area contributed by atoms with Crippen molar-refractivity contribution < 1.29 is 24.2 Å². The fourth-order valence-corrected chi connectivity index (χ4v) is 2.83. The van der Waals surface area contributed by atoms with Crippen LogP contribution in [0.1, 0.15) is 31.9 Å². The van der Waals surface area contributed by atoms with Crippen LogP contribution in [0.25, 0.3) is 0 Å². The molecule has 0 aliphatic rings. The van der Waals surface area contributed by atoms with E-state index in [9.17, 15) is 19.5 Å². The van der Waals surface area contributed by atoms with Gasteiger partial charge < -0.3 is 20.5 Å². The summed E-state index contributed by atoms with van der Waals surface area (Å²) in [5.41, 5.74) is 0.878. The van der Waals surface area contributed by atoms with E-state index in [4.69, 9.17) is 4.74 Å². The zero-order valence-electron chi connectivity index (χ0n) is 17.4. The van der Waals surface area contributed by atoms with E-state index in [0.717, 1.165) is 11.1 Å². The van der Waals surface area contributed by atoms with E-state index in [2.05, 4.69) is 10.6 Å². The molecule has 0 saturated carbocycles. The molecule has 160 valence electrons. The second kappa shape index (κ2) is 10.4. The molecule has 0 spiro atoms. The molecule has 2 amide bonds. The lowest BCUT2D eigenvalue weighted by atomic mass is 10.0. The number of carbonyl (C=O) groups excluding carboxylic acids is 2. The lowest BCUT2D eigenvalue weighted by Crippen LogP contribution is -2.53. The highest BCUT2D eigenvalue weighted by atomic mass is 16.6. The molecule has 30 heavy (non-hydrogen) atoms. The Morgan fingerprint density at radius 3 is 1.73 bits per heavy atom. The minimum atomic E-state index is -1.15. The highest BCUT2D eigenvalue weighted by molar-refractivity contribution is 5.89. The van der Waals surface area contributed by atoms with E-state index in [0.29, 0.717) is 0 Å². The third-order valence-corrected chi connectivity index (χ3v) is 4.19. The molecular formula is C23H28N2O5. The van der Waals surface area contributed by atoms with E-state index in [1.165, 1.54) is 0 Å². The molecule has 0 aromatic heterocycles. The molecule has 0 radical (unpaired) electrons. The first-order valence-corrected chi connectivity index (χ1v) is 9.74. The largest absolute Gasteiger partial charge is 0.480 e. The average molecular weight is 412 g/mol. The summed E-state index contributed by atoms with van der Waals surface area (Å²) in [5, 5.41) is 14.7. The van der Waals surface area contributed by atoms with Gasteiger partial charge in [-0.25, -0.2) is 9.59 Å². The van der Waals surface area contributed by atoms with E-state index in [1.807, 2.05) is 36.4 Å². The van der Waals surface area contributed by atoms with Gasteiger partial charge in [0.1, 0.15) is 17.7 Å². The van der Waals surface area contributed by atoms with Crippen LogP contribution in [0, 0.1) is 0 Å². The van der Waals surface area contributed by atoms with Crippen LogP contribution in [0.15, 0.2) is 60.7 Å². The van der Waals surface area contributed by atoms with Crippen LogP contribution < -0.4 is 10.6 Å². The first kappa shape index (κ1) is 22.9. The zero-order valence-corrected chi connectivity index (χ0v) is 17.4. The SMILES string of the molecule is CC(C)(C)OC(=O)N[C@H](Cc1ccccc1)C(=O)N[C@@H](Cc1ccccc1)C(=O)O. The van der Waals surface area contributed by atoms with Gasteiger partial charge in [0, 0.05) is 12.8 Å². The molecule has 7 nitrogen and oxygen atoms in total. The lowest BCUT2D eigenvalue weighted by Gasteiger charge is -2.24. The van der Waals surface area contributed by atoms with Crippen LogP contribution in [0.5, 0.6) is 0 Å². The first-order chi connectivity index (χ1) is 14.1. The van der Waals surface area contributed by atoms with Crippen LogP contribution in [0.3, 0.4) is 0 Å². The number of hydrogen-bond donors (Lipinski definition) is 3. The predicted octanol–water partition coefficient (Wildman–Crippen LogP) is 2.93.